The molecule has 1 aliphatic carbocycles. The van der Waals surface area contributed by atoms with Gasteiger partial charge in [-0.15, -0.1) is 0 Å². The number of nitrogens with zero attached hydrogens (tertiary/aromatic N) is 2. The van der Waals surface area contributed by atoms with Crippen molar-refractivity contribution in [3.63, 3.8) is 0 Å². The summed E-state index contributed by atoms with van der Waals surface area (Å²) in [6, 6.07) is 11.4. The summed E-state index contributed by atoms with van der Waals surface area (Å²) >= 11 is 6.21. The van der Waals surface area contributed by atoms with Gasteiger partial charge in [-0.25, -0.2) is 4.79 Å². The molecule has 1 saturated heterocycles. The Balaban J connectivity index is 1.37. The summed E-state index contributed by atoms with van der Waals surface area (Å²) in [5.41, 5.74) is 2.49. The van der Waals surface area contributed by atoms with Crippen LogP contribution in [0.15, 0.2) is 46.0 Å². The molecule has 0 amide bonds. The molecule has 5 rings (SSSR count). The van der Waals surface area contributed by atoms with Gasteiger partial charge in [-0.05, 0) is 48.1 Å². The van der Waals surface area contributed by atoms with E-state index in [9.17, 15) is 9.59 Å². The Morgan fingerprint density at radius 3 is 2.80 bits per heavy atom. The summed E-state index contributed by atoms with van der Waals surface area (Å²) in [5.74, 6) is 2.06. The quantitative estimate of drug-likeness (QED) is 0.697. The monoisotopic (exact) mass is 425 g/mol. The summed E-state index contributed by atoms with van der Waals surface area (Å²) in [5, 5.41) is 0.732. The Bertz CT molecular complexity index is 1230. The van der Waals surface area contributed by atoms with Gasteiger partial charge in [0, 0.05) is 32.1 Å². The molecule has 2 atom stereocenters. The third-order valence-electron chi connectivity index (χ3n) is 6.67. The molecule has 0 spiro atoms. The number of aromatic nitrogens is 2. The molecule has 2 heterocycles. The van der Waals surface area contributed by atoms with Crippen molar-refractivity contribution in [2.24, 2.45) is 5.92 Å². The minimum absolute atomic E-state index is 0.328. The molecule has 1 aliphatic heterocycles. The molecule has 1 N–H and O–H groups in total. The molecular formula is C23H24ClN3O3. The van der Waals surface area contributed by atoms with Crippen molar-refractivity contribution in [3.8, 4) is 5.75 Å². The lowest BCUT2D eigenvalue weighted by atomic mass is 9.77. The number of likely N-dealkylation sites (tertiary alicyclic amines) is 1. The van der Waals surface area contributed by atoms with E-state index in [1.807, 2.05) is 6.07 Å². The highest BCUT2D eigenvalue weighted by Crippen LogP contribution is 2.43. The van der Waals surface area contributed by atoms with E-state index in [0.717, 1.165) is 31.7 Å². The van der Waals surface area contributed by atoms with Crippen LogP contribution in [0.5, 0.6) is 5.75 Å². The van der Waals surface area contributed by atoms with Gasteiger partial charge in [0.25, 0.3) is 5.56 Å². The zero-order valence-corrected chi connectivity index (χ0v) is 17.6. The number of benzene rings is 2. The molecule has 0 saturated carbocycles. The number of rotatable bonds is 4. The smallest absolute Gasteiger partial charge is 0.328 e. The summed E-state index contributed by atoms with van der Waals surface area (Å²) in [6.07, 6.45) is 2.18. The van der Waals surface area contributed by atoms with Crippen molar-refractivity contribution < 1.29 is 4.74 Å². The molecule has 6 nitrogen and oxygen atoms in total. The lowest BCUT2D eigenvalue weighted by Gasteiger charge is -2.28. The van der Waals surface area contributed by atoms with Crippen LogP contribution in [0.4, 0.5) is 0 Å². The lowest BCUT2D eigenvalue weighted by Crippen LogP contribution is -2.38. The molecule has 2 aromatic carbocycles. The molecule has 2 aliphatic rings. The highest BCUT2D eigenvalue weighted by molar-refractivity contribution is 6.35. The van der Waals surface area contributed by atoms with Gasteiger partial charge in [0.15, 0.2) is 0 Å². The molecule has 1 fully saturated rings. The molecule has 3 aromatic rings. The van der Waals surface area contributed by atoms with E-state index in [0.29, 0.717) is 40.9 Å². The average Bonchev–Trinajstić information content (AvgIpc) is 3.16. The van der Waals surface area contributed by atoms with Crippen LogP contribution >= 0.6 is 11.6 Å². The molecule has 0 unspecified atom stereocenters. The predicted molar refractivity (Wildman–Crippen MR) is 118 cm³/mol. The Morgan fingerprint density at radius 2 is 1.97 bits per heavy atom. The van der Waals surface area contributed by atoms with Crippen LogP contribution in [0, 0.1) is 5.92 Å². The van der Waals surface area contributed by atoms with Gasteiger partial charge in [0.05, 0.1) is 23.0 Å². The fraction of sp³-hybridized carbons (Fsp3) is 0.391. The number of hydrogen-bond acceptors (Lipinski definition) is 4. The second-order valence-corrected chi connectivity index (χ2v) is 8.65. The summed E-state index contributed by atoms with van der Waals surface area (Å²) in [6.45, 7) is 2.93. The summed E-state index contributed by atoms with van der Waals surface area (Å²) in [4.78, 5) is 30.5. The van der Waals surface area contributed by atoms with Crippen LogP contribution in [0.1, 0.15) is 23.5 Å². The standard InChI is InChI=1S/C23H24ClN3O3/c1-30-20-7-2-4-15-16(20)9-8-14-12-26(13-17(14)15)10-11-27-22(28)21-18(24)5-3-6-19(21)25-23(27)29/h2-7,14,17H,8-13H2,1H3,(H,25,29)/t14-,17+/m0/s1. The molecule has 30 heavy (non-hydrogen) atoms. The number of methoxy groups -OCH3 is 1. The minimum Gasteiger partial charge on any atom is -0.496 e. The number of hydrogen-bond donors (Lipinski definition) is 1. The summed E-state index contributed by atoms with van der Waals surface area (Å²) in [7, 11) is 1.73. The largest absolute Gasteiger partial charge is 0.496 e. The molecule has 7 heteroatoms. The number of fused-ring (bicyclic) bond motifs is 4. The van der Waals surface area contributed by atoms with E-state index in [1.54, 1.807) is 25.3 Å². The SMILES string of the molecule is COc1cccc2c1CC[C@H]1CN(CCn3c(=O)[nH]c4cccc(Cl)c4c3=O)C[C@@H]21. The van der Waals surface area contributed by atoms with E-state index >= 15 is 0 Å². The fourth-order valence-corrected chi connectivity index (χ4v) is 5.46. The van der Waals surface area contributed by atoms with Crippen LogP contribution in [-0.2, 0) is 13.0 Å². The minimum atomic E-state index is -0.388. The fourth-order valence-electron chi connectivity index (χ4n) is 5.21. The lowest BCUT2D eigenvalue weighted by molar-refractivity contribution is 0.303. The van der Waals surface area contributed by atoms with Crippen LogP contribution in [0.25, 0.3) is 10.9 Å². The molecule has 156 valence electrons. The van der Waals surface area contributed by atoms with E-state index in [4.69, 9.17) is 16.3 Å². The zero-order valence-electron chi connectivity index (χ0n) is 16.9. The van der Waals surface area contributed by atoms with Crippen molar-refractivity contribution in [3.05, 3.63) is 73.4 Å². The first-order valence-corrected chi connectivity index (χ1v) is 10.7. The Labute approximate surface area is 179 Å². The van der Waals surface area contributed by atoms with Gasteiger partial charge in [0.2, 0.25) is 0 Å². The second-order valence-electron chi connectivity index (χ2n) is 8.24. The van der Waals surface area contributed by atoms with Crippen LogP contribution < -0.4 is 16.0 Å². The van der Waals surface area contributed by atoms with E-state index < -0.39 is 0 Å². The Kier molecular flexibility index (Phi) is 4.91. The Morgan fingerprint density at radius 1 is 1.13 bits per heavy atom. The van der Waals surface area contributed by atoms with Crippen molar-refractivity contribution in [1.29, 1.82) is 0 Å². The van der Waals surface area contributed by atoms with Crippen molar-refractivity contribution in [2.45, 2.75) is 25.3 Å². The van der Waals surface area contributed by atoms with Gasteiger partial charge >= 0.3 is 5.69 Å². The maximum absolute atomic E-state index is 12.9. The first-order valence-electron chi connectivity index (χ1n) is 10.4. The summed E-state index contributed by atoms with van der Waals surface area (Å²) < 4.78 is 6.83. The highest BCUT2D eigenvalue weighted by Gasteiger charge is 2.38. The number of nitrogens with one attached hydrogen (secondary N) is 1. The first kappa shape index (κ1) is 19.4. The first-order chi connectivity index (χ1) is 14.6. The molecule has 0 radical (unpaired) electrons. The van der Waals surface area contributed by atoms with E-state index in [-0.39, 0.29) is 11.2 Å². The van der Waals surface area contributed by atoms with Gasteiger partial charge < -0.3 is 14.6 Å². The topological polar surface area (TPSA) is 67.3 Å². The van der Waals surface area contributed by atoms with Gasteiger partial charge in [-0.3, -0.25) is 9.36 Å². The van der Waals surface area contributed by atoms with E-state index in [2.05, 4.69) is 22.0 Å². The molecule has 0 bridgehead atoms. The van der Waals surface area contributed by atoms with Crippen molar-refractivity contribution in [1.82, 2.24) is 14.5 Å². The van der Waals surface area contributed by atoms with E-state index in [1.165, 1.54) is 15.7 Å². The van der Waals surface area contributed by atoms with Crippen molar-refractivity contribution in [2.75, 3.05) is 26.7 Å². The number of ether oxygens (including phenoxy) is 1. The number of aromatic amines is 1. The maximum atomic E-state index is 12.9. The number of halogens is 1. The zero-order chi connectivity index (χ0) is 20.8. The van der Waals surface area contributed by atoms with Gasteiger partial charge in [-0.2, -0.15) is 0 Å². The maximum Gasteiger partial charge on any atom is 0.328 e. The second kappa shape index (κ2) is 7.60. The average molecular weight is 426 g/mol. The van der Waals surface area contributed by atoms with Crippen LogP contribution in [0.2, 0.25) is 5.02 Å². The molecular weight excluding hydrogens is 402 g/mol. The normalized spacial score (nSPS) is 20.9. The van der Waals surface area contributed by atoms with Gasteiger partial charge in [-0.1, -0.05) is 29.8 Å². The molecule has 1 aromatic heterocycles. The van der Waals surface area contributed by atoms with Gasteiger partial charge in [0.1, 0.15) is 5.75 Å². The van der Waals surface area contributed by atoms with Crippen LogP contribution in [-0.4, -0.2) is 41.2 Å². The third kappa shape index (κ3) is 3.15. The van der Waals surface area contributed by atoms with Crippen LogP contribution in [0.3, 0.4) is 0 Å². The third-order valence-corrected chi connectivity index (χ3v) is 6.98. The van der Waals surface area contributed by atoms with Crippen molar-refractivity contribution >= 4 is 22.5 Å². The highest BCUT2D eigenvalue weighted by atomic mass is 35.5. The Hall–Kier alpha value is -2.57. The predicted octanol–water partition coefficient (Wildman–Crippen LogP) is 3.01. The number of H-pyrrole nitrogens is 1.